The molecular formula is C18H23NO4. The van der Waals surface area contributed by atoms with Crippen LogP contribution in [0.4, 0.5) is 0 Å². The number of fused-ring (bicyclic) bond motifs is 1. The molecule has 1 atom stereocenters. The summed E-state index contributed by atoms with van der Waals surface area (Å²) in [6.07, 6.45) is 1.53. The number of cyclic esters (lactones) is 1. The molecule has 1 aromatic rings. The fourth-order valence-corrected chi connectivity index (χ4v) is 3.42. The zero-order valence-electron chi connectivity index (χ0n) is 14.1. The van der Waals surface area contributed by atoms with Gasteiger partial charge in [-0.1, -0.05) is 12.1 Å². The van der Waals surface area contributed by atoms with Crippen molar-refractivity contribution in [2.45, 2.75) is 57.8 Å². The lowest BCUT2D eigenvalue weighted by Gasteiger charge is -2.35. The van der Waals surface area contributed by atoms with Crippen molar-refractivity contribution in [2.75, 3.05) is 6.61 Å². The monoisotopic (exact) mass is 317 g/mol. The van der Waals surface area contributed by atoms with Crippen LogP contribution in [-0.2, 0) is 15.1 Å². The smallest absolute Gasteiger partial charge is 0.340 e. The average Bonchev–Trinajstić information content (AvgIpc) is 2.68. The van der Waals surface area contributed by atoms with Crippen LogP contribution in [0.1, 0.15) is 66.8 Å². The minimum atomic E-state index is -0.691. The van der Waals surface area contributed by atoms with E-state index in [9.17, 15) is 9.59 Å². The molecule has 1 saturated heterocycles. The zero-order chi connectivity index (χ0) is 16.8. The second kappa shape index (κ2) is 5.34. The Morgan fingerprint density at radius 1 is 1.26 bits per heavy atom. The quantitative estimate of drug-likeness (QED) is 0.852. The van der Waals surface area contributed by atoms with Crippen LogP contribution < -0.4 is 5.32 Å². The standard InChI is InChI=1S/C18H23NO4/c1-17(2)10-11(8-9-22-17)19-15(20)12-6-5-7-13-14(12)16(21)23-18(13,3)4/h5-7,11H,8-10H2,1-4H3,(H,19,20). The number of hydrogen-bond acceptors (Lipinski definition) is 4. The number of ether oxygens (including phenoxy) is 2. The molecule has 2 aliphatic rings. The van der Waals surface area contributed by atoms with Gasteiger partial charge in [0, 0.05) is 18.2 Å². The van der Waals surface area contributed by atoms with E-state index in [4.69, 9.17) is 9.47 Å². The molecule has 0 bridgehead atoms. The lowest BCUT2D eigenvalue weighted by molar-refractivity contribution is -0.0615. The van der Waals surface area contributed by atoms with E-state index in [0.29, 0.717) is 17.7 Å². The first-order chi connectivity index (χ1) is 10.7. The first kappa shape index (κ1) is 16.0. The number of benzene rings is 1. The van der Waals surface area contributed by atoms with E-state index < -0.39 is 11.6 Å². The Kier molecular flexibility index (Phi) is 3.71. The Hall–Kier alpha value is -1.88. The predicted molar refractivity (Wildman–Crippen MR) is 85.4 cm³/mol. The second-order valence-corrected chi connectivity index (χ2v) is 7.40. The van der Waals surface area contributed by atoms with Crippen LogP contribution in [0.2, 0.25) is 0 Å². The highest BCUT2D eigenvalue weighted by Gasteiger charge is 2.40. The van der Waals surface area contributed by atoms with Crippen molar-refractivity contribution < 1.29 is 19.1 Å². The SMILES string of the molecule is CC1(C)CC(NC(=O)c2cccc3c2C(=O)OC3(C)C)CCO1. The highest BCUT2D eigenvalue weighted by molar-refractivity contribution is 6.08. The van der Waals surface area contributed by atoms with E-state index in [2.05, 4.69) is 5.32 Å². The maximum absolute atomic E-state index is 12.7. The summed E-state index contributed by atoms with van der Waals surface area (Å²) in [7, 11) is 0. The number of esters is 1. The summed E-state index contributed by atoms with van der Waals surface area (Å²) in [6.45, 7) is 8.33. The van der Waals surface area contributed by atoms with E-state index in [0.717, 1.165) is 18.4 Å². The van der Waals surface area contributed by atoms with Gasteiger partial charge in [-0.3, -0.25) is 4.79 Å². The molecule has 2 heterocycles. The van der Waals surface area contributed by atoms with Crippen molar-refractivity contribution >= 4 is 11.9 Å². The van der Waals surface area contributed by atoms with E-state index in [1.165, 1.54) is 0 Å². The first-order valence-electron chi connectivity index (χ1n) is 8.01. The molecule has 0 radical (unpaired) electrons. The Labute approximate surface area is 136 Å². The number of nitrogens with one attached hydrogen (secondary N) is 1. The van der Waals surface area contributed by atoms with Crippen LogP contribution in [0.3, 0.4) is 0 Å². The van der Waals surface area contributed by atoms with Crippen LogP contribution in [0.25, 0.3) is 0 Å². The summed E-state index contributed by atoms with van der Waals surface area (Å²) in [5.74, 6) is -0.651. The lowest BCUT2D eigenvalue weighted by atomic mass is 9.91. The third-order valence-corrected chi connectivity index (χ3v) is 4.54. The number of hydrogen-bond donors (Lipinski definition) is 1. The van der Waals surface area contributed by atoms with Crippen LogP contribution in [0.5, 0.6) is 0 Å². The molecule has 23 heavy (non-hydrogen) atoms. The lowest BCUT2D eigenvalue weighted by Crippen LogP contribution is -2.46. The summed E-state index contributed by atoms with van der Waals surface area (Å²) in [5.41, 5.74) is 0.616. The Morgan fingerprint density at radius 2 is 2.00 bits per heavy atom. The number of rotatable bonds is 2. The molecule has 1 fully saturated rings. The molecule has 0 spiro atoms. The molecule has 1 unspecified atom stereocenters. The van der Waals surface area contributed by atoms with Gasteiger partial charge in [-0.05, 0) is 46.6 Å². The van der Waals surface area contributed by atoms with Crippen LogP contribution in [0.15, 0.2) is 18.2 Å². The summed E-state index contributed by atoms with van der Waals surface area (Å²) < 4.78 is 11.1. The molecule has 2 aliphatic heterocycles. The van der Waals surface area contributed by atoms with Crippen molar-refractivity contribution in [3.05, 3.63) is 34.9 Å². The summed E-state index contributed by atoms with van der Waals surface area (Å²) >= 11 is 0. The van der Waals surface area contributed by atoms with Gasteiger partial charge in [0.1, 0.15) is 5.60 Å². The molecule has 5 nitrogen and oxygen atoms in total. The fraction of sp³-hybridized carbons (Fsp3) is 0.556. The molecule has 5 heteroatoms. The summed E-state index contributed by atoms with van der Waals surface area (Å²) in [6, 6.07) is 5.37. The molecular weight excluding hydrogens is 294 g/mol. The van der Waals surface area contributed by atoms with E-state index in [-0.39, 0.29) is 17.6 Å². The van der Waals surface area contributed by atoms with Crippen LogP contribution >= 0.6 is 0 Å². The summed E-state index contributed by atoms with van der Waals surface area (Å²) in [5, 5.41) is 3.04. The van der Waals surface area contributed by atoms with Gasteiger partial charge in [0.25, 0.3) is 5.91 Å². The summed E-state index contributed by atoms with van der Waals surface area (Å²) in [4.78, 5) is 24.9. The third kappa shape index (κ3) is 2.98. The largest absolute Gasteiger partial charge is 0.451 e. The van der Waals surface area contributed by atoms with E-state index in [1.54, 1.807) is 12.1 Å². The Bertz CT molecular complexity index is 663. The minimum absolute atomic E-state index is 0.0486. The molecule has 1 aromatic carbocycles. The first-order valence-corrected chi connectivity index (χ1v) is 8.01. The molecule has 124 valence electrons. The maximum Gasteiger partial charge on any atom is 0.340 e. The van der Waals surface area contributed by atoms with Gasteiger partial charge in [-0.2, -0.15) is 0 Å². The van der Waals surface area contributed by atoms with Gasteiger partial charge >= 0.3 is 5.97 Å². The van der Waals surface area contributed by atoms with Crippen molar-refractivity contribution in [2.24, 2.45) is 0 Å². The minimum Gasteiger partial charge on any atom is -0.451 e. The average molecular weight is 317 g/mol. The van der Waals surface area contributed by atoms with Crippen molar-refractivity contribution in [1.82, 2.24) is 5.32 Å². The Balaban J connectivity index is 1.85. The van der Waals surface area contributed by atoms with Crippen molar-refractivity contribution in [3.63, 3.8) is 0 Å². The molecule has 0 aliphatic carbocycles. The molecule has 1 amide bonds. The normalized spacial score (nSPS) is 24.7. The fourth-order valence-electron chi connectivity index (χ4n) is 3.42. The molecule has 0 saturated carbocycles. The van der Waals surface area contributed by atoms with Gasteiger partial charge < -0.3 is 14.8 Å². The third-order valence-electron chi connectivity index (χ3n) is 4.54. The van der Waals surface area contributed by atoms with Gasteiger partial charge in [0.05, 0.1) is 16.7 Å². The topological polar surface area (TPSA) is 64.6 Å². The van der Waals surface area contributed by atoms with Crippen LogP contribution in [-0.4, -0.2) is 30.1 Å². The molecule has 3 rings (SSSR count). The highest BCUT2D eigenvalue weighted by Crippen LogP contribution is 2.37. The van der Waals surface area contributed by atoms with Gasteiger partial charge in [0.15, 0.2) is 0 Å². The van der Waals surface area contributed by atoms with Gasteiger partial charge in [-0.25, -0.2) is 4.79 Å². The number of carbonyl (C=O) groups is 2. The van der Waals surface area contributed by atoms with Crippen LogP contribution in [0, 0.1) is 0 Å². The molecule has 0 aromatic heterocycles. The van der Waals surface area contributed by atoms with Crippen molar-refractivity contribution in [3.8, 4) is 0 Å². The predicted octanol–water partition coefficient (Wildman–Crippen LogP) is 2.78. The van der Waals surface area contributed by atoms with E-state index in [1.807, 2.05) is 33.8 Å². The van der Waals surface area contributed by atoms with Crippen molar-refractivity contribution in [1.29, 1.82) is 0 Å². The Morgan fingerprint density at radius 3 is 2.70 bits per heavy atom. The van der Waals surface area contributed by atoms with E-state index >= 15 is 0 Å². The van der Waals surface area contributed by atoms with Gasteiger partial charge in [-0.15, -0.1) is 0 Å². The maximum atomic E-state index is 12.7. The zero-order valence-corrected chi connectivity index (χ0v) is 14.1. The number of carbonyl (C=O) groups excluding carboxylic acids is 2. The second-order valence-electron chi connectivity index (χ2n) is 7.40. The molecule has 1 N–H and O–H groups in total. The van der Waals surface area contributed by atoms with Gasteiger partial charge in [0.2, 0.25) is 0 Å². The highest BCUT2D eigenvalue weighted by atomic mass is 16.6. The number of amides is 1.